The van der Waals surface area contributed by atoms with Crippen LogP contribution < -0.4 is 10.3 Å². The number of ether oxygens (including phenoxy) is 1. The number of aromatic nitrogens is 1. The van der Waals surface area contributed by atoms with Crippen molar-refractivity contribution in [2.75, 3.05) is 13.1 Å². The number of nitrogens with one attached hydrogen (secondary N) is 1. The highest BCUT2D eigenvalue weighted by molar-refractivity contribution is 5.82. The Morgan fingerprint density at radius 2 is 1.96 bits per heavy atom. The number of hydrogen-bond acceptors (Lipinski definition) is 3. The Kier molecular flexibility index (Phi) is 6.36. The van der Waals surface area contributed by atoms with Gasteiger partial charge in [0.25, 0.3) is 5.56 Å². The van der Waals surface area contributed by atoms with Gasteiger partial charge in [0.2, 0.25) is 0 Å². The van der Waals surface area contributed by atoms with E-state index < -0.39 is 0 Å². The largest absolute Gasteiger partial charge is 0.490 e. The van der Waals surface area contributed by atoms with Crippen molar-refractivity contribution < 1.29 is 4.74 Å². The highest BCUT2D eigenvalue weighted by atomic mass is 16.5. The molecule has 4 heteroatoms. The molecule has 0 aliphatic heterocycles. The van der Waals surface area contributed by atoms with Crippen LogP contribution in [0.4, 0.5) is 0 Å². The average molecular weight is 357 g/mol. The molecular formula is C22H32N2O2. The molecule has 1 saturated carbocycles. The molecule has 142 valence electrons. The molecule has 0 saturated heterocycles. The molecule has 0 atom stereocenters. The minimum atomic E-state index is -0.0456. The predicted octanol–water partition coefficient (Wildman–Crippen LogP) is 4.59. The standard InChI is InChI=1S/C22H32N2O2/c1-4-13-24(15-16(2)3)18-5-7-19(8-6-18)26-20-9-10-21-17(14-20)11-12-23-22(21)25/h9-12,14,16,18-19H,4-8,13,15H2,1-3H3,(H,23,25). The Morgan fingerprint density at radius 3 is 2.65 bits per heavy atom. The SMILES string of the molecule is CCCN(CC(C)C)C1CCC(Oc2ccc3c(=O)[nH]ccc3c2)CC1. The first-order chi connectivity index (χ1) is 12.6. The van der Waals surface area contributed by atoms with Gasteiger partial charge in [-0.3, -0.25) is 4.79 Å². The summed E-state index contributed by atoms with van der Waals surface area (Å²) in [6.07, 6.45) is 7.84. The third-order valence-corrected chi connectivity index (χ3v) is 5.32. The maximum absolute atomic E-state index is 11.8. The van der Waals surface area contributed by atoms with Crippen LogP contribution in [0, 0.1) is 5.92 Å². The zero-order chi connectivity index (χ0) is 18.5. The molecule has 0 amide bonds. The summed E-state index contributed by atoms with van der Waals surface area (Å²) < 4.78 is 6.24. The molecule has 1 aliphatic rings. The highest BCUT2D eigenvalue weighted by Crippen LogP contribution is 2.28. The van der Waals surface area contributed by atoms with Crippen LogP contribution in [-0.4, -0.2) is 35.1 Å². The number of rotatable bonds is 7. The number of aromatic amines is 1. The van der Waals surface area contributed by atoms with Crippen molar-refractivity contribution in [3.8, 4) is 5.75 Å². The first-order valence-electron chi connectivity index (χ1n) is 10.1. The first-order valence-corrected chi connectivity index (χ1v) is 10.1. The van der Waals surface area contributed by atoms with Crippen LogP contribution in [0.15, 0.2) is 35.3 Å². The van der Waals surface area contributed by atoms with Crippen LogP contribution in [0.3, 0.4) is 0 Å². The fourth-order valence-electron chi connectivity index (χ4n) is 4.14. The van der Waals surface area contributed by atoms with Crippen LogP contribution in [0.1, 0.15) is 52.9 Å². The van der Waals surface area contributed by atoms with Crippen molar-refractivity contribution >= 4 is 10.8 Å². The molecule has 1 fully saturated rings. The van der Waals surface area contributed by atoms with Gasteiger partial charge in [0.1, 0.15) is 5.75 Å². The zero-order valence-electron chi connectivity index (χ0n) is 16.3. The normalized spacial score (nSPS) is 20.8. The van der Waals surface area contributed by atoms with E-state index in [1.165, 1.54) is 32.4 Å². The molecule has 2 aromatic rings. The molecule has 4 nitrogen and oxygen atoms in total. The van der Waals surface area contributed by atoms with Gasteiger partial charge in [-0.1, -0.05) is 20.8 Å². The van der Waals surface area contributed by atoms with E-state index in [4.69, 9.17) is 4.74 Å². The Labute approximate surface area is 156 Å². The predicted molar refractivity (Wildman–Crippen MR) is 108 cm³/mol. The van der Waals surface area contributed by atoms with Crippen molar-refractivity contribution in [3.63, 3.8) is 0 Å². The van der Waals surface area contributed by atoms with E-state index in [1.807, 2.05) is 24.3 Å². The number of pyridine rings is 1. The average Bonchev–Trinajstić information content (AvgIpc) is 2.62. The quantitative estimate of drug-likeness (QED) is 0.789. The van der Waals surface area contributed by atoms with Gasteiger partial charge >= 0.3 is 0 Å². The third kappa shape index (κ3) is 4.67. The van der Waals surface area contributed by atoms with E-state index in [-0.39, 0.29) is 11.7 Å². The van der Waals surface area contributed by atoms with Gasteiger partial charge in [0.15, 0.2) is 0 Å². The molecule has 1 N–H and O–H groups in total. The Balaban J connectivity index is 1.59. The number of fused-ring (bicyclic) bond motifs is 1. The zero-order valence-corrected chi connectivity index (χ0v) is 16.3. The molecule has 0 spiro atoms. The molecule has 0 unspecified atom stereocenters. The van der Waals surface area contributed by atoms with Gasteiger partial charge in [-0.25, -0.2) is 0 Å². The first kappa shape index (κ1) is 19.0. The molecule has 3 rings (SSSR count). The van der Waals surface area contributed by atoms with Gasteiger partial charge in [-0.2, -0.15) is 0 Å². The second-order valence-corrected chi connectivity index (χ2v) is 7.99. The monoisotopic (exact) mass is 356 g/mol. The van der Waals surface area contributed by atoms with E-state index >= 15 is 0 Å². The summed E-state index contributed by atoms with van der Waals surface area (Å²) in [6.45, 7) is 9.29. The maximum Gasteiger partial charge on any atom is 0.255 e. The number of hydrogen-bond donors (Lipinski definition) is 1. The van der Waals surface area contributed by atoms with Crippen LogP contribution >= 0.6 is 0 Å². The van der Waals surface area contributed by atoms with E-state index in [2.05, 4.69) is 30.7 Å². The smallest absolute Gasteiger partial charge is 0.255 e. The van der Waals surface area contributed by atoms with Gasteiger partial charge in [0, 0.05) is 24.2 Å². The second kappa shape index (κ2) is 8.72. The van der Waals surface area contributed by atoms with Gasteiger partial charge < -0.3 is 14.6 Å². The van der Waals surface area contributed by atoms with Crippen molar-refractivity contribution in [1.82, 2.24) is 9.88 Å². The van der Waals surface area contributed by atoms with Crippen LogP contribution in [0.2, 0.25) is 0 Å². The maximum atomic E-state index is 11.8. The molecule has 0 bridgehead atoms. The highest BCUT2D eigenvalue weighted by Gasteiger charge is 2.26. The number of H-pyrrole nitrogens is 1. The van der Waals surface area contributed by atoms with E-state index in [9.17, 15) is 4.79 Å². The molecule has 1 aromatic heterocycles. The lowest BCUT2D eigenvalue weighted by Gasteiger charge is -2.37. The van der Waals surface area contributed by atoms with Crippen LogP contribution in [-0.2, 0) is 0 Å². The van der Waals surface area contributed by atoms with Crippen molar-refractivity contribution in [1.29, 1.82) is 0 Å². The van der Waals surface area contributed by atoms with Crippen LogP contribution in [0.25, 0.3) is 10.8 Å². The topological polar surface area (TPSA) is 45.3 Å². The summed E-state index contributed by atoms with van der Waals surface area (Å²) in [5.74, 6) is 1.59. The molecule has 1 aliphatic carbocycles. The van der Waals surface area contributed by atoms with E-state index in [0.29, 0.717) is 11.4 Å². The van der Waals surface area contributed by atoms with Crippen molar-refractivity contribution in [2.45, 2.75) is 65.0 Å². The summed E-state index contributed by atoms with van der Waals surface area (Å²) in [4.78, 5) is 17.2. The lowest BCUT2D eigenvalue weighted by Crippen LogP contribution is -2.42. The lowest BCUT2D eigenvalue weighted by atomic mass is 9.91. The van der Waals surface area contributed by atoms with Gasteiger partial charge in [-0.15, -0.1) is 0 Å². The minimum Gasteiger partial charge on any atom is -0.490 e. The van der Waals surface area contributed by atoms with Crippen molar-refractivity contribution in [2.24, 2.45) is 5.92 Å². The van der Waals surface area contributed by atoms with Crippen LogP contribution in [0.5, 0.6) is 5.75 Å². The summed E-state index contributed by atoms with van der Waals surface area (Å²) in [7, 11) is 0. The molecule has 1 aromatic carbocycles. The fourth-order valence-corrected chi connectivity index (χ4v) is 4.14. The Morgan fingerprint density at radius 1 is 1.19 bits per heavy atom. The number of nitrogens with zero attached hydrogens (tertiary/aromatic N) is 1. The third-order valence-electron chi connectivity index (χ3n) is 5.32. The van der Waals surface area contributed by atoms with Gasteiger partial charge in [-0.05, 0) is 74.2 Å². The minimum absolute atomic E-state index is 0.0456. The van der Waals surface area contributed by atoms with Crippen molar-refractivity contribution in [3.05, 3.63) is 40.8 Å². The molecule has 0 radical (unpaired) electrons. The van der Waals surface area contributed by atoms with E-state index in [1.54, 1.807) is 6.20 Å². The van der Waals surface area contributed by atoms with Gasteiger partial charge in [0.05, 0.1) is 6.10 Å². The fraction of sp³-hybridized carbons (Fsp3) is 0.591. The summed E-state index contributed by atoms with van der Waals surface area (Å²) in [6, 6.07) is 8.40. The molecular weight excluding hydrogens is 324 g/mol. The second-order valence-electron chi connectivity index (χ2n) is 7.99. The Bertz CT molecular complexity index is 760. The Hall–Kier alpha value is -1.81. The molecule has 26 heavy (non-hydrogen) atoms. The van der Waals surface area contributed by atoms with E-state index in [0.717, 1.165) is 29.9 Å². The summed E-state index contributed by atoms with van der Waals surface area (Å²) in [5.41, 5.74) is -0.0456. The summed E-state index contributed by atoms with van der Waals surface area (Å²) in [5, 5.41) is 1.65. The lowest BCUT2D eigenvalue weighted by molar-refractivity contribution is 0.0813. The molecule has 1 heterocycles. The summed E-state index contributed by atoms with van der Waals surface area (Å²) >= 11 is 0. The number of benzene rings is 1.